The summed E-state index contributed by atoms with van der Waals surface area (Å²) in [5.74, 6) is -0.736. The van der Waals surface area contributed by atoms with Crippen LogP contribution >= 0.6 is 11.3 Å². The molecular formula is C13H14N2O4S. The smallest absolute Gasteiger partial charge is 0.347 e. The second-order valence-electron chi connectivity index (χ2n) is 4.36. The summed E-state index contributed by atoms with van der Waals surface area (Å²) in [6.45, 7) is 5.10. The van der Waals surface area contributed by atoms with E-state index in [1.165, 1.54) is 6.26 Å². The summed E-state index contributed by atoms with van der Waals surface area (Å²) >= 11 is 1.07. The average Bonchev–Trinajstić information content (AvgIpc) is 2.95. The highest BCUT2D eigenvalue weighted by Gasteiger charge is 2.20. The fourth-order valence-corrected chi connectivity index (χ4v) is 2.67. The quantitative estimate of drug-likeness (QED) is 0.904. The number of amides is 1. The standard InChI is InChI=1S/C13H14N2O4S/c1-6-10(13(17)18)20-12(15-6)7(2)14-11(16)9-4-5-19-8(9)3/h4-5,7H,1-3H3,(H,14,16)(H,17,18). The van der Waals surface area contributed by atoms with Gasteiger partial charge >= 0.3 is 5.97 Å². The summed E-state index contributed by atoms with van der Waals surface area (Å²) in [5, 5.41) is 12.3. The van der Waals surface area contributed by atoms with E-state index in [1.807, 2.05) is 0 Å². The van der Waals surface area contributed by atoms with Crippen molar-refractivity contribution in [3.05, 3.63) is 39.2 Å². The van der Waals surface area contributed by atoms with Crippen LogP contribution in [0.25, 0.3) is 0 Å². The molecule has 0 saturated heterocycles. The molecular weight excluding hydrogens is 280 g/mol. The molecule has 0 aromatic carbocycles. The van der Waals surface area contributed by atoms with Crippen LogP contribution in [0.4, 0.5) is 0 Å². The van der Waals surface area contributed by atoms with Crippen LogP contribution in [-0.4, -0.2) is 22.0 Å². The maximum absolute atomic E-state index is 12.0. The topological polar surface area (TPSA) is 92.4 Å². The first-order chi connectivity index (χ1) is 9.40. The van der Waals surface area contributed by atoms with Gasteiger partial charge in [-0.15, -0.1) is 11.3 Å². The van der Waals surface area contributed by atoms with E-state index in [4.69, 9.17) is 9.52 Å². The number of carboxylic acid groups (broad SMARTS) is 1. The largest absolute Gasteiger partial charge is 0.477 e. The molecule has 6 nitrogen and oxygen atoms in total. The minimum Gasteiger partial charge on any atom is -0.477 e. The maximum Gasteiger partial charge on any atom is 0.347 e. The fourth-order valence-electron chi connectivity index (χ4n) is 1.76. The zero-order valence-corrected chi connectivity index (χ0v) is 12.1. The summed E-state index contributed by atoms with van der Waals surface area (Å²) in [6.07, 6.45) is 1.45. The Labute approximate surface area is 119 Å². The van der Waals surface area contributed by atoms with Crippen molar-refractivity contribution in [1.82, 2.24) is 10.3 Å². The number of carbonyl (C=O) groups is 2. The molecule has 2 N–H and O–H groups in total. The zero-order valence-electron chi connectivity index (χ0n) is 11.3. The first kappa shape index (κ1) is 14.3. The number of carbonyl (C=O) groups excluding carboxylic acids is 1. The molecule has 2 heterocycles. The molecule has 0 saturated carbocycles. The highest BCUT2D eigenvalue weighted by atomic mass is 32.1. The lowest BCUT2D eigenvalue weighted by molar-refractivity contribution is 0.0701. The lowest BCUT2D eigenvalue weighted by atomic mass is 10.2. The number of carboxylic acids is 1. The molecule has 20 heavy (non-hydrogen) atoms. The third kappa shape index (κ3) is 2.72. The van der Waals surface area contributed by atoms with Crippen molar-refractivity contribution in [3.8, 4) is 0 Å². The van der Waals surface area contributed by atoms with Gasteiger partial charge in [0.25, 0.3) is 5.91 Å². The molecule has 0 spiro atoms. The first-order valence-electron chi connectivity index (χ1n) is 5.95. The van der Waals surface area contributed by atoms with Crippen molar-refractivity contribution in [3.63, 3.8) is 0 Å². The molecule has 0 radical (unpaired) electrons. The molecule has 0 aliphatic rings. The monoisotopic (exact) mass is 294 g/mol. The number of rotatable bonds is 4. The Hall–Kier alpha value is -2.15. The maximum atomic E-state index is 12.0. The second-order valence-corrected chi connectivity index (χ2v) is 5.39. The predicted molar refractivity (Wildman–Crippen MR) is 73.1 cm³/mol. The van der Waals surface area contributed by atoms with Gasteiger partial charge in [-0.05, 0) is 26.8 Å². The SMILES string of the molecule is Cc1nc(C(C)NC(=O)c2ccoc2C)sc1C(=O)O. The van der Waals surface area contributed by atoms with Crippen LogP contribution in [0.2, 0.25) is 0 Å². The van der Waals surface area contributed by atoms with Crippen LogP contribution in [0.5, 0.6) is 0 Å². The number of aromatic nitrogens is 1. The van der Waals surface area contributed by atoms with E-state index >= 15 is 0 Å². The van der Waals surface area contributed by atoms with Gasteiger partial charge in [0, 0.05) is 0 Å². The van der Waals surface area contributed by atoms with Crippen molar-refractivity contribution in [2.24, 2.45) is 0 Å². The third-order valence-corrected chi connectivity index (χ3v) is 4.16. The Kier molecular flexibility index (Phi) is 3.89. The Morgan fingerprint density at radius 1 is 1.45 bits per heavy atom. The molecule has 0 aliphatic heterocycles. The van der Waals surface area contributed by atoms with Gasteiger partial charge < -0.3 is 14.8 Å². The van der Waals surface area contributed by atoms with Crippen LogP contribution in [-0.2, 0) is 0 Å². The van der Waals surface area contributed by atoms with E-state index in [0.29, 0.717) is 22.0 Å². The van der Waals surface area contributed by atoms with E-state index in [9.17, 15) is 9.59 Å². The lowest BCUT2D eigenvalue weighted by Gasteiger charge is -2.10. The normalized spacial score (nSPS) is 12.2. The number of thiazole rings is 1. The van der Waals surface area contributed by atoms with E-state index in [2.05, 4.69) is 10.3 Å². The summed E-state index contributed by atoms with van der Waals surface area (Å²) in [5.41, 5.74) is 0.918. The summed E-state index contributed by atoms with van der Waals surface area (Å²) in [7, 11) is 0. The first-order valence-corrected chi connectivity index (χ1v) is 6.77. The fraction of sp³-hybridized carbons (Fsp3) is 0.308. The van der Waals surface area contributed by atoms with Crippen LogP contribution in [0.15, 0.2) is 16.7 Å². The predicted octanol–water partition coefficient (Wildman–Crippen LogP) is 2.54. The number of nitrogens with zero attached hydrogens (tertiary/aromatic N) is 1. The molecule has 0 aliphatic carbocycles. The molecule has 0 bridgehead atoms. The third-order valence-electron chi connectivity index (χ3n) is 2.83. The van der Waals surface area contributed by atoms with Crippen LogP contribution in [0.3, 0.4) is 0 Å². The van der Waals surface area contributed by atoms with Crippen molar-refractivity contribution in [2.45, 2.75) is 26.8 Å². The van der Waals surface area contributed by atoms with Gasteiger partial charge in [-0.1, -0.05) is 0 Å². The van der Waals surface area contributed by atoms with E-state index < -0.39 is 5.97 Å². The Morgan fingerprint density at radius 2 is 2.15 bits per heavy atom. The minimum absolute atomic E-state index is 0.195. The summed E-state index contributed by atoms with van der Waals surface area (Å²) in [6, 6.07) is 1.22. The number of aryl methyl sites for hydroxylation is 2. The van der Waals surface area contributed by atoms with Gasteiger partial charge in [0.2, 0.25) is 0 Å². The zero-order chi connectivity index (χ0) is 14.9. The van der Waals surface area contributed by atoms with Crippen molar-refractivity contribution >= 4 is 23.2 Å². The van der Waals surface area contributed by atoms with Crippen LogP contribution in [0, 0.1) is 13.8 Å². The van der Waals surface area contributed by atoms with E-state index in [1.54, 1.807) is 26.8 Å². The molecule has 1 atom stereocenters. The molecule has 1 amide bonds. The lowest BCUT2D eigenvalue weighted by Crippen LogP contribution is -2.26. The molecule has 7 heteroatoms. The van der Waals surface area contributed by atoms with Gasteiger partial charge in [-0.25, -0.2) is 9.78 Å². The highest BCUT2D eigenvalue weighted by Crippen LogP contribution is 2.24. The van der Waals surface area contributed by atoms with Gasteiger partial charge in [0.1, 0.15) is 15.6 Å². The number of hydrogen-bond acceptors (Lipinski definition) is 5. The highest BCUT2D eigenvalue weighted by molar-refractivity contribution is 7.13. The second kappa shape index (κ2) is 5.46. The summed E-state index contributed by atoms with van der Waals surface area (Å²) in [4.78, 5) is 27.4. The van der Waals surface area contributed by atoms with Gasteiger partial charge in [0.05, 0.1) is 23.6 Å². The van der Waals surface area contributed by atoms with Gasteiger partial charge in [-0.2, -0.15) is 0 Å². The molecule has 2 aromatic rings. The Bertz CT molecular complexity index is 659. The number of furan rings is 1. The molecule has 2 aromatic heterocycles. The summed E-state index contributed by atoms with van der Waals surface area (Å²) < 4.78 is 5.08. The number of aromatic carboxylic acids is 1. The number of nitrogens with one attached hydrogen (secondary N) is 1. The number of hydrogen-bond donors (Lipinski definition) is 2. The van der Waals surface area contributed by atoms with Crippen molar-refractivity contribution in [1.29, 1.82) is 0 Å². The van der Waals surface area contributed by atoms with Gasteiger partial charge in [-0.3, -0.25) is 4.79 Å². The van der Waals surface area contributed by atoms with Crippen LogP contribution < -0.4 is 5.32 Å². The Morgan fingerprint density at radius 3 is 2.65 bits per heavy atom. The average molecular weight is 294 g/mol. The Balaban J connectivity index is 2.14. The van der Waals surface area contributed by atoms with Gasteiger partial charge in [0.15, 0.2) is 0 Å². The molecule has 2 rings (SSSR count). The molecule has 1 unspecified atom stereocenters. The van der Waals surface area contributed by atoms with Crippen LogP contribution in [0.1, 0.15) is 49.5 Å². The molecule has 106 valence electrons. The molecule has 0 fully saturated rings. The van der Waals surface area contributed by atoms with Crippen molar-refractivity contribution in [2.75, 3.05) is 0 Å². The van der Waals surface area contributed by atoms with Crippen molar-refractivity contribution < 1.29 is 19.1 Å². The minimum atomic E-state index is -1.00. The van der Waals surface area contributed by atoms with E-state index in [0.717, 1.165) is 11.3 Å². The van der Waals surface area contributed by atoms with E-state index in [-0.39, 0.29) is 16.8 Å².